The van der Waals surface area contributed by atoms with E-state index in [1.54, 1.807) is 0 Å². The predicted molar refractivity (Wildman–Crippen MR) is 97.0 cm³/mol. The second-order valence-corrected chi connectivity index (χ2v) is 11.0. The summed E-state index contributed by atoms with van der Waals surface area (Å²) in [6, 6.07) is 0. The lowest BCUT2D eigenvalue weighted by Crippen LogP contribution is -2.69. The molecule has 6 rings (SSSR count). The van der Waals surface area contributed by atoms with Crippen LogP contribution >= 0.6 is 0 Å². The minimum atomic E-state index is -0.0996. The minimum Gasteiger partial charge on any atom is -0.393 e. The molecule has 25 heavy (non-hydrogen) atoms. The van der Waals surface area contributed by atoms with Crippen molar-refractivity contribution in [2.75, 3.05) is 6.61 Å². The van der Waals surface area contributed by atoms with Gasteiger partial charge in [-0.25, -0.2) is 0 Å². The molecule has 1 aliphatic heterocycles. The number of aliphatic hydroxyl groups is 1. The van der Waals surface area contributed by atoms with Crippen molar-refractivity contribution in [2.45, 2.75) is 97.6 Å². The second-order valence-electron chi connectivity index (χ2n) is 11.0. The van der Waals surface area contributed by atoms with Gasteiger partial charge in [-0.05, 0) is 86.4 Å². The molecule has 5 saturated carbocycles. The first-order valence-electron chi connectivity index (χ1n) is 10.7. The maximum Gasteiger partial charge on any atom is 0.155 e. The third-order valence-corrected chi connectivity index (χ3v) is 10.2. The van der Waals surface area contributed by atoms with E-state index >= 15 is 0 Å². The van der Waals surface area contributed by atoms with E-state index < -0.39 is 0 Å². The highest BCUT2D eigenvalue weighted by Crippen LogP contribution is 2.75. The number of rotatable bonds is 0. The topological polar surface area (TPSA) is 38.7 Å². The molecular formula is C22H36O3. The Morgan fingerprint density at radius 1 is 0.960 bits per heavy atom. The van der Waals surface area contributed by atoms with E-state index in [1.165, 1.54) is 44.9 Å². The maximum absolute atomic E-state index is 11.0. The summed E-state index contributed by atoms with van der Waals surface area (Å²) in [5.74, 6) is 1.48. The van der Waals surface area contributed by atoms with Crippen molar-refractivity contribution in [3.05, 3.63) is 0 Å². The van der Waals surface area contributed by atoms with Gasteiger partial charge in [0.1, 0.15) is 0 Å². The largest absolute Gasteiger partial charge is 0.393 e. The van der Waals surface area contributed by atoms with Gasteiger partial charge >= 0.3 is 0 Å². The van der Waals surface area contributed by atoms with E-state index in [4.69, 9.17) is 9.47 Å². The van der Waals surface area contributed by atoms with Crippen LogP contribution in [-0.4, -0.2) is 30.2 Å². The third kappa shape index (κ3) is 1.93. The van der Waals surface area contributed by atoms with E-state index in [-0.39, 0.29) is 23.2 Å². The zero-order chi connectivity index (χ0) is 17.7. The van der Waals surface area contributed by atoms with Crippen LogP contribution in [0.5, 0.6) is 0 Å². The van der Waals surface area contributed by atoms with Gasteiger partial charge < -0.3 is 14.6 Å². The van der Waals surface area contributed by atoms with Gasteiger partial charge in [-0.3, -0.25) is 0 Å². The summed E-state index contributed by atoms with van der Waals surface area (Å²) in [4.78, 5) is 0. The van der Waals surface area contributed by atoms with Gasteiger partial charge in [-0.15, -0.1) is 0 Å². The Morgan fingerprint density at radius 2 is 1.76 bits per heavy atom. The van der Waals surface area contributed by atoms with Crippen LogP contribution in [0, 0.1) is 33.5 Å². The molecule has 0 aromatic rings. The molecule has 6 aliphatic rings. The molecule has 0 amide bonds. The fraction of sp³-hybridized carbons (Fsp3) is 1.00. The van der Waals surface area contributed by atoms with Crippen molar-refractivity contribution in [1.82, 2.24) is 0 Å². The molecule has 9 atom stereocenters. The van der Waals surface area contributed by atoms with Crippen LogP contribution in [-0.2, 0) is 9.47 Å². The van der Waals surface area contributed by atoms with Gasteiger partial charge in [0.05, 0.1) is 18.8 Å². The zero-order valence-electron chi connectivity index (χ0n) is 16.5. The summed E-state index contributed by atoms with van der Waals surface area (Å²) < 4.78 is 12.3. The number of hydrogen-bond donors (Lipinski definition) is 1. The molecule has 1 saturated heterocycles. The third-order valence-electron chi connectivity index (χ3n) is 10.2. The summed E-state index contributed by atoms with van der Waals surface area (Å²) in [6.45, 7) is 10.3. The maximum atomic E-state index is 11.0. The van der Waals surface area contributed by atoms with E-state index in [0.29, 0.717) is 22.9 Å². The normalized spacial score (nSPS) is 63.5. The van der Waals surface area contributed by atoms with Gasteiger partial charge in [0.15, 0.2) is 6.29 Å². The summed E-state index contributed by atoms with van der Waals surface area (Å²) >= 11 is 0. The van der Waals surface area contributed by atoms with E-state index in [1.807, 2.05) is 6.92 Å². The Morgan fingerprint density at radius 3 is 2.52 bits per heavy atom. The lowest BCUT2D eigenvalue weighted by molar-refractivity contribution is -0.325. The number of ether oxygens (including phenoxy) is 2. The quantitative estimate of drug-likeness (QED) is 0.699. The summed E-state index contributed by atoms with van der Waals surface area (Å²) in [5, 5.41) is 11.0. The van der Waals surface area contributed by atoms with Crippen molar-refractivity contribution in [1.29, 1.82) is 0 Å². The Hall–Kier alpha value is -0.120. The van der Waals surface area contributed by atoms with Crippen LogP contribution in [0.1, 0.15) is 79.1 Å². The molecule has 0 aromatic carbocycles. The Balaban J connectivity index is 1.55. The molecule has 5 aliphatic carbocycles. The van der Waals surface area contributed by atoms with Gasteiger partial charge in [0.2, 0.25) is 0 Å². The molecule has 1 spiro atoms. The Labute approximate surface area is 152 Å². The van der Waals surface area contributed by atoms with Crippen LogP contribution in [0.3, 0.4) is 0 Å². The lowest BCUT2D eigenvalue weighted by Gasteiger charge is -2.73. The van der Waals surface area contributed by atoms with Crippen LogP contribution < -0.4 is 0 Å². The molecule has 0 radical (unpaired) electrons. The Kier molecular flexibility index (Phi) is 3.42. The first-order chi connectivity index (χ1) is 11.7. The molecule has 1 N–H and O–H groups in total. The van der Waals surface area contributed by atoms with E-state index in [2.05, 4.69) is 20.8 Å². The van der Waals surface area contributed by atoms with Crippen LogP contribution in [0.4, 0.5) is 0 Å². The fourth-order valence-corrected chi connectivity index (χ4v) is 8.58. The molecule has 0 aromatic heterocycles. The highest BCUT2D eigenvalue weighted by atomic mass is 16.7. The van der Waals surface area contributed by atoms with Gasteiger partial charge in [-0.1, -0.05) is 20.8 Å². The number of aliphatic hydroxyl groups excluding tert-OH is 1. The number of fused-ring (bicyclic) bond motifs is 5. The summed E-state index contributed by atoms with van der Waals surface area (Å²) in [5.41, 5.74) is 1.01. The molecule has 142 valence electrons. The molecule has 2 bridgehead atoms. The SMILES string of the molecule is CC1OC[C@]2(C)[C@@H](CC[C@@]3(C)[C@H]2CC[C@H]2C[C@]4(C)CC[C@@]23C[C@H]4O)O1. The second kappa shape index (κ2) is 5.02. The van der Waals surface area contributed by atoms with Crippen molar-refractivity contribution in [3.63, 3.8) is 0 Å². The molecule has 3 nitrogen and oxygen atoms in total. The standard InChI is InChI=1S/C22H36O3/c1-14-24-13-20(3)16-6-5-15-11-19(2)9-10-22(15,12-17(19)23)21(16,4)8-7-18(20)25-14/h14-18,23H,5-13H2,1-4H3/t14?,15-,16-,17+,18+,19-,20-,21-,22+/m0/s1. The van der Waals surface area contributed by atoms with Gasteiger partial charge in [0, 0.05) is 5.41 Å². The minimum absolute atomic E-state index is 0.0520. The van der Waals surface area contributed by atoms with Crippen LogP contribution in [0.2, 0.25) is 0 Å². The molecular weight excluding hydrogens is 312 g/mol. The lowest BCUT2D eigenvalue weighted by atomic mass is 9.32. The smallest absolute Gasteiger partial charge is 0.155 e. The first kappa shape index (κ1) is 17.0. The van der Waals surface area contributed by atoms with Crippen molar-refractivity contribution < 1.29 is 14.6 Å². The summed E-state index contributed by atoms with van der Waals surface area (Å²) in [6.07, 6.45) is 10.1. The summed E-state index contributed by atoms with van der Waals surface area (Å²) in [7, 11) is 0. The highest BCUT2D eigenvalue weighted by molar-refractivity contribution is 5.19. The fourth-order valence-electron chi connectivity index (χ4n) is 8.58. The average Bonchev–Trinajstić information content (AvgIpc) is 2.56. The monoisotopic (exact) mass is 348 g/mol. The number of hydrogen-bond acceptors (Lipinski definition) is 3. The molecule has 1 heterocycles. The zero-order valence-corrected chi connectivity index (χ0v) is 16.5. The van der Waals surface area contributed by atoms with Crippen LogP contribution in [0.25, 0.3) is 0 Å². The predicted octanol–water partition coefficient (Wildman–Crippen LogP) is 4.52. The van der Waals surface area contributed by atoms with Crippen molar-refractivity contribution >= 4 is 0 Å². The van der Waals surface area contributed by atoms with Crippen LogP contribution in [0.15, 0.2) is 0 Å². The molecule has 1 unspecified atom stereocenters. The first-order valence-corrected chi connectivity index (χ1v) is 10.7. The van der Waals surface area contributed by atoms with E-state index in [0.717, 1.165) is 18.9 Å². The van der Waals surface area contributed by atoms with Gasteiger partial charge in [0.25, 0.3) is 0 Å². The molecule has 6 fully saturated rings. The molecule has 3 heteroatoms. The Bertz CT molecular complexity index is 578. The van der Waals surface area contributed by atoms with Crippen molar-refractivity contribution in [2.24, 2.45) is 33.5 Å². The highest BCUT2D eigenvalue weighted by Gasteiger charge is 2.70. The van der Waals surface area contributed by atoms with E-state index in [9.17, 15) is 5.11 Å². The van der Waals surface area contributed by atoms with Gasteiger partial charge in [-0.2, -0.15) is 0 Å². The average molecular weight is 349 g/mol. The van der Waals surface area contributed by atoms with Crippen molar-refractivity contribution in [3.8, 4) is 0 Å².